The minimum atomic E-state index is -3.33. The van der Waals surface area contributed by atoms with Gasteiger partial charge in [-0.25, -0.2) is 8.42 Å². The van der Waals surface area contributed by atoms with Crippen LogP contribution in [0, 0.1) is 0 Å². The van der Waals surface area contributed by atoms with Gasteiger partial charge in [0.2, 0.25) is 10.0 Å². The quantitative estimate of drug-likeness (QED) is 0.726. The molecule has 19 heavy (non-hydrogen) atoms. The molecule has 1 aliphatic carbocycles. The van der Waals surface area contributed by atoms with E-state index in [0.717, 1.165) is 31.2 Å². The molecule has 3 nitrogen and oxygen atoms in total. The number of sulfonamides is 1. The van der Waals surface area contributed by atoms with E-state index < -0.39 is 10.0 Å². The number of halogens is 1. The van der Waals surface area contributed by atoms with E-state index in [1.165, 1.54) is 0 Å². The summed E-state index contributed by atoms with van der Waals surface area (Å²) in [5.74, 6) is 0.552. The maximum atomic E-state index is 12.6. The number of alkyl halides is 1. The van der Waals surface area contributed by atoms with Gasteiger partial charge in [-0.15, -0.1) is 11.6 Å². The molecule has 0 saturated heterocycles. The monoisotopic (exact) mass is 301 g/mol. The van der Waals surface area contributed by atoms with Crippen LogP contribution in [0.25, 0.3) is 0 Å². The molecule has 0 amide bonds. The first kappa shape index (κ1) is 14.8. The normalized spacial score (nSPS) is 15.9. The molecule has 1 aromatic carbocycles. The first-order chi connectivity index (χ1) is 9.09. The van der Waals surface area contributed by atoms with E-state index in [0.29, 0.717) is 17.3 Å². The van der Waals surface area contributed by atoms with Gasteiger partial charge >= 0.3 is 0 Å². The van der Waals surface area contributed by atoms with Gasteiger partial charge < -0.3 is 0 Å². The average molecular weight is 302 g/mol. The van der Waals surface area contributed by atoms with Gasteiger partial charge in [-0.3, -0.25) is 0 Å². The summed E-state index contributed by atoms with van der Waals surface area (Å²) in [6.07, 6.45) is 3.59. The molecule has 5 heteroatoms. The smallest absolute Gasteiger partial charge is 0.207 e. The first-order valence-corrected chi connectivity index (χ1v) is 8.73. The number of benzene rings is 1. The van der Waals surface area contributed by atoms with E-state index in [-0.39, 0.29) is 6.04 Å². The molecule has 0 heterocycles. The van der Waals surface area contributed by atoms with Crippen molar-refractivity contribution in [3.63, 3.8) is 0 Å². The highest BCUT2D eigenvalue weighted by molar-refractivity contribution is 7.89. The number of rotatable bonds is 7. The van der Waals surface area contributed by atoms with Crippen molar-refractivity contribution in [1.29, 1.82) is 0 Å². The van der Waals surface area contributed by atoms with Gasteiger partial charge in [-0.2, -0.15) is 4.31 Å². The molecule has 1 fully saturated rings. The van der Waals surface area contributed by atoms with Gasteiger partial charge in [0.15, 0.2) is 0 Å². The number of hydrogen-bond donors (Lipinski definition) is 0. The highest BCUT2D eigenvalue weighted by Gasteiger charge is 2.37. The van der Waals surface area contributed by atoms with Gasteiger partial charge in [-0.05, 0) is 43.4 Å². The second-order valence-electron chi connectivity index (χ2n) is 4.93. The Balaban J connectivity index is 2.22. The van der Waals surface area contributed by atoms with Crippen LogP contribution in [0.5, 0.6) is 0 Å². The molecule has 106 valence electrons. The summed E-state index contributed by atoms with van der Waals surface area (Å²) in [6.45, 7) is 2.62. The van der Waals surface area contributed by atoms with Crippen molar-refractivity contribution in [3.8, 4) is 0 Å². The summed E-state index contributed by atoms with van der Waals surface area (Å²) in [7, 11) is -3.33. The Hall–Kier alpha value is -0.580. The molecule has 1 aromatic rings. The van der Waals surface area contributed by atoms with Crippen molar-refractivity contribution in [2.75, 3.05) is 12.4 Å². The fraction of sp³-hybridized carbons (Fsp3) is 0.571. The lowest BCUT2D eigenvalue weighted by atomic mass is 10.2. The van der Waals surface area contributed by atoms with Crippen LogP contribution in [-0.4, -0.2) is 31.2 Å². The van der Waals surface area contributed by atoms with Crippen molar-refractivity contribution in [2.24, 2.45) is 0 Å². The first-order valence-electron chi connectivity index (χ1n) is 6.76. The summed E-state index contributed by atoms with van der Waals surface area (Å²) in [5, 5.41) is 0. The fourth-order valence-corrected chi connectivity index (χ4v) is 4.15. The average Bonchev–Trinajstić information content (AvgIpc) is 3.21. The van der Waals surface area contributed by atoms with Crippen LogP contribution < -0.4 is 0 Å². The standard InChI is InChI=1S/C14H20ClNO2S/c1-2-11-16(13-5-6-13)19(17,18)14-7-3-12(4-8-14)9-10-15/h3-4,7-8,13H,2,5-6,9-11H2,1H3. The van der Waals surface area contributed by atoms with Crippen LogP contribution >= 0.6 is 11.6 Å². The van der Waals surface area contributed by atoms with Crippen LogP contribution in [0.2, 0.25) is 0 Å². The van der Waals surface area contributed by atoms with Crippen LogP contribution in [0.15, 0.2) is 29.2 Å². The lowest BCUT2D eigenvalue weighted by Gasteiger charge is -2.21. The van der Waals surface area contributed by atoms with Crippen LogP contribution in [0.1, 0.15) is 31.7 Å². The number of aryl methyl sites for hydroxylation is 1. The molecule has 1 saturated carbocycles. The lowest BCUT2D eigenvalue weighted by molar-refractivity contribution is 0.403. The largest absolute Gasteiger partial charge is 0.243 e. The Kier molecular flexibility index (Phi) is 4.87. The molecule has 1 aliphatic rings. The molecule has 2 rings (SSSR count). The molecule has 0 N–H and O–H groups in total. The highest BCUT2D eigenvalue weighted by Crippen LogP contribution is 2.32. The molecule has 0 aromatic heterocycles. The lowest BCUT2D eigenvalue weighted by Crippen LogP contribution is -2.33. The van der Waals surface area contributed by atoms with Gasteiger partial charge in [-0.1, -0.05) is 19.1 Å². The number of nitrogens with zero attached hydrogens (tertiary/aromatic N) is 1. The zero-order valence-electron chi connectivity index (χ0n) is 11.2. The van der Waals surface area contributed by atoms with Gasteiger partial charge in [0, 0.05) is 18.5 Å². The van der Waals surface area contributed by atoms with E-state index >= 15 is 0 Å². The second kappa shape index (κ2) is 6.25. The molecule has 0 unspecified atom stereocenters. The third-order valence-corrected chi connectivity index (χ3v) is 5.47. The molecule has 0 spiro atoms. The van der Waals surface area contributed by atoms with Crippen molar-refractivity contribution in [1.82, 2.24) is 4.31 Å². The zero-order valence-corrected chi connectivity index (χ0v) is 12.8. The SMILES string of the molecule is CCCN(C1CC1)S(=O)(=O)c1ccc(CCCl)cc1. The van der Waals surface area contributed by atoms with Gasteiger partial charge in [0.25, 0.3) is 0 Å². The van der Waals surface area contributed by atoms with Gasteiger partial charge in [0.1, 0.15) is 0 Å². The van der Waals surface area contributed by atoms with E-state index in [1.54, 1.807) is 16.4 Å². The van der Waals surface area contributed by atoms with E-state index in [1.807, 2.05) is 19.1 Å². The minimum Gasteiger partial charge on any atom is -0.207 e. The zero-order chi connectivity index (χ0) is 13.9. The Morgan fingerprint density at radius 2 is 1.89 bits per heavy atom. The summed E-state index contributed by atoms with van der Waals surface area (Å²) in [6, 6.07) is 7.32. The Morgan fingerprint density at radius 3 is 2.37 bits per heavy atom. The highest BCUT2D eigenvalue weighted by atomic mass is 35.5. The third kappa shape index (κ3) is 3.50. The second-order valence-corrected chi connectivity index (χ2v) is 7.20. The van der Waals surface area contributed by atoms with Crippen molar-refractivity contribution in [3.05, 3.63) is 29.8 Å². The maximum Gasteiger partial charge on any atom is 0.243 e. The predicted molar refractivity (Wildman–Crippen MR) is 78.1 cm³/mol. The van der Waals surface area contributed by atoms with Crippen LogP contribution in [0.4, 0.5) is 0 Å². The maximum absolute atomic E-state index is 12.6. The number of hydrogen-bond acceptors (Lipinski definition) is 2. The van der Waals surface area contributed by atoms with E-state index in [9.17, 15) is 8.42 Å². The Bertz CT molecular complexity index is 509. The molecule has 0 radical (unpaired) electrons. The minimum absolute atomic E-state index is 0.215. The van der Waals surface area contributed by atoms with Crippen LogP contribution in [0.3, 0.4) is 0 Å². The Morgan fingerprint density at radius 1 is 1.26 bits per heavy atom. The summed E-state index contributed by atoms with van der Waals surface area (Å²) in [4.78, 5) is 0.395. The summed E-state index contributed by atoms with van der Waals surface area (Å²) >= 11 is 5.68. The fourth-order valence-electron chi connectivity index (χ4n) is 2.15. The topological polar surface area (TPSA) is 37.4 Å². The Labute approximate surface area is 120 Å². The summed E-state index contributed by atoms with van der Waals surface area (Å²) in [5.41, 5.74) is 1.07. The molecule has 0 aliphatic heterocycles. The molecule has 0 atom stereocenters. The summed E-state index contributed by atoms with van der Waals surface area (Å²) < 4.78 is 26.8. The van der Waals surface area contributed by atoms with Gasteiger partial charge in [0.05, 0.1) is 4.90 Å². The van der Waals surface area contributed by atoms with Crippen LogP contribution in [-0.2, 0) is 16.4 Å². The molecular formula is C14H20ClNO2S. The third-order valence-electron chi connectivity index (χ3n) is 3.31. The van der Waals surface area contributed by atoms with Crippen molar-refractivity contribution < 1.29 is 8.42 Å². The van der Waals surface area contributed by atoms with Crippen molar-refractivity contribution in [2.45, 2.75) is 43.5 Å². The van der Waals surface area contributed by atoms with E-state index in [2.05, 4.69) is 0 Å². The molecule has 0 bridgehead atoms. The predicted octanol–water partition coefficient (Wildman–Crippen LogP) is 3.03. The van der Waals surface area contributed by atoms with Crippen molar-refractivity contribution >= 4 is 21.6 Å². The molecular weight excluding hydrogens is 282 g/mol. The van der Waals surface area contributed by atoms with E-state index in [4.69, 9.17) is 11.6 Å².